The van der Waals surface area contributed by atoms with Crippen molar-refractivity contribution >= 4 is 29.3 Å². The number of aromatic nitrogens is 5. The van der Waals surface area contributed by atoms with Crippen LogP contribution in [0.4, 0.5) is 4.39 Å². The predicted octanol–water partition coefficient (Wildman–Crippen LogP) is 5.74. The summed E-state index contributed by atoms with van der Waals surface area (Å²) in [5.74, 6) is 0.318. The Labute approximate surface area is 237 Å². The molecular weight excluding hydrogens is 511 g/mol. The number of pyridine rings is 1. The van der Waals surface area contributed by atoms with Gasteiger partial charge in [0.05, 0.1) is 16.4 Å². The summed E-state index contributed by atoms with van der Waals surface area (Å²) in [6.45, 7) is 7.85. The first-order valence-electron chi connectivity index (χ1n) is 13.4. The molecule has 0 saturated heterocycles. The van der Waals surface area contributed by atoms with Crippen LogP contribution in [0.2, 0.25) is 0 Å². The molecule has 0 aliphatic heterocycles. The van der Waals surface area contributed by atoms with Gasteiger partial charge in [-0.2, -0.15) is 5.10 Å². The normalized spacial score (nSPS) is 12.3. The molecule has 0 spiro atoms. The molecule has 0 radical (unpaired) electrons. The highest BCUT2D eigenvalue weighted by Gasteiger charge is 2.13. The summed E-state index contributed by atoms with van der Waals surface area (Å²) in [5, 5.41) is 12.6. The lowest BCUT2D eigenvalue weighted by Gasteiger charge is -2.07. The maximum Gasteiger partial charge on any atom is 0.159 e. The predicted molar refractivity (Wildman–Crippen MR) is 163 cm³/mol. The maximum absolute atomic E-state index is 13.9. The van der Waals surface area contributed by atoms with E-state index in [2.05, 4.69) is 57.2 Å². The highest BCUT2D eigenvalue weighted by Crippen LogP contribution is 2.29. The van der Waals surface area contributed by atoms with Crippen LogP contribution < -0.4 is 15.9 Å². The van der Waals surface area contributed by atoms with E-state index < -0.39 is 0 Å². The van der Waals surface area contributed by atoms with Gasteiger partial charge in [0.15, 0.2) is 5.82 Å². The van der Waals surface area contributed by atoms with Crippen LogP contribution >= 0.6 is 0 Å². The lowest BCUT2D eigenvalue weighted by Crippen LogP contribution is -2.21. The van der Waals surface area contributed by atoms with Crippen LogP contribution in [-0.2, 0) is 13.1 Å². The number of aromatic amines is 2. The number of nitrogens with one attached hydrogen (secondary N) is 3. The van der Waals surface area contributed by atoms with Crippen molar-refractivity contribution in [3.63, 3.8) is 0 Å². The third-order valence-electron chi connectivity index (χ3n) is 7.02. The van der Waals surface area contributed by atoms with Crippen molar-refractivity contribution in [2.45, 2.75) is 20.0 Å². The quantitative estimate of drug-likeness (QED) is 0.230. The molecule has 202 valence electrons. The van der Waals surface area contributed by atoms with Crippen molar-refractivity contribution in [1.82, 2.24) is 30.5 Å². The Morgan fingerprint density at radius 1 is 0.951 bits per heavy atom. The van der Waals surface area contributed by atoms with Crippen LogP contribution in [0.15, 0.2) is 97.3 Å². The van der Waals surface area contributed by atoms with E-state index in [0.29, 0.717) is 11.5 Å². The van der Waals surface area contributed by atoms with E-state index >= 15 is 0 Å². The average molecular weight is 541 g/mol. The van der Waals surface area contributed by atoms with Gasteiger partial charge in [0, 0.05) is 36.3 Å². The monoisotopic (exact) mass is 540 g/mol. The Balaban J connectivity index is 1.22. The van der Waals surface area contributed by atoms with Gasteiger partial charge in [-0.25, -0.2) is 9.37 Å². The third-order valence-corrected chi connectivity index (χ3v) is 7.02. The topological polar surface area (TPSA) is 82.3 Å². The fraction of sp³-hybridized carbons (Fsp3) is 0.0882. The molecule has 0 atom stereocenters. The van der Waals surface area contributed by atoms with Crippen molar-refractivity contribution < 1.29 is 4.39 Å². The highest BCUT2D eigenvalue weighted by molar-refractivity contribution is 5.93. The number of fused-ring (bicyclic) bond motifs is 1. The van der Waals surface area contributed by atoms with Crippen LogP contribution in [0.1, 0.15) is 23.6 Å². The van der Waals surface area contributed by atoms with Gasteiger partial charge in [0.1, 0.15) is 11.5 Å². The number of hydrogen-bond donors (Lipinski definition) is 3. The number of allylic oxidation sites excluding steroid dienone is 2. The van der Waals surface area contributed by atoms with E-state index in [4.69, 9.17) is 4.98 Å². The fourth-order valence-corrected chi connectivity index (χ4v) is 4.80. The second-order valence-corrected chi connectivity index (χ2v) is 9.95. The van der Waals surface area contributed by atoms with Gasteiger partial charge in [-0.3, -0.25) is 10.1 Å². The molecule has 41 heavy (non-hydrogen) atoms. The van der Waals surface area contributed by atoms with Crippen molar-refractivity contribution in [1.29, 1.82) is 0 Å². The third kappa shape index (κ3) is 5.76. The molecule has 7 heteroatoms. The molecule has 3 aromatic heterocycles. The minimum absolute atomic E-state index is 0.284. The fourth-order valence-electron chi connectivity index (χ4n) is 4.80. The summed E-state index contributed by atoms with van der Waals surface area (Å²) in [6, 6.07) is 24.8. The Morgan fingerprint density at radius 2 is 1.78 bits per heavy atom. The summed E-state index contributed by atoms with van der Waals surface area (Å²) in [6.07, 6.45) is 7.76. The molecule has 0 aliphatic rings. The Kier molecular flexibility index (Phi) is 7.34. The average Bonchev–Trinajstić information content (AvgIpc) is 3.59. The largest absolute Gasteiger partial charge is 0.337 e. The minimum atomic E-state index is -0.284. The molecule has 0 unspecified atom stereocenters. The highest BCUT2D eigenvalue weighted by atomic mass is 19.1. The molecular formula is C34H29FN6. The molecule has 0 saturated carbocycles. The van der Waals surface area contributed by atoms with Crippen LogP contribution in [0.3, 0.4) is 0 Å². The van der Waals surface area contributed by atoms with Crippen LogP contribution in [0, 0.1) is 5.82 Å². The molecule has 3 N–H and O–H groups in total. The van der Waals surface area contributed by atoms with E-state index in [1.165, 1.54) is 17.7 Å². The molecule has 3 heterocycles. The zero-order chi connectivity index (χ0) is 28.2. The summed E-state index contributed by atoms with van der Waals surface area (Å²) < 4.78 is 13.9. The molecule has 0 aliphatic carbocycles. The second-order valence-electron chi connectivity index (χ2n) is 9.95. The van der Waals surface area contributed by atoms with Crippen LogP contribution in [-0.4, -0.2) is 25.1 Å². The lowest BCUT2D eigenvalue weighted by molar-refractivity contribution is 0.628. The number of imidazole rings is 1. The van der Waals surface area contributed by atoms with Gasteiger partial charge >= 0.3 is 0 Å². The van der Waals surface area contributed by atoms with Crippen molar-refractivity contribution in [3.8, 4) is 22.6 Å². The smallest absolute Gasteiger partial charge is 0.159 e. The summed E-state index contributed by atoms with van der Waals surface area (Å²) in [5.41, 5.74) is 8.34. The maximum atomic E-state index is 13.9. The van der Waals surface area contributed by atoms with E-state index in [9.17, 15) is 4.39 Å². The number of benzene rings is 3. The first kappa shape index (κ1) is 26.1. The molecule has 6 aromatic rings. The molecule has 0 bridgehead atoms. The Morgan fingerprint density at radius 3 is 2.63 bits per heavy atom. The van der Waals surface area contributed by atoms with E-state index in [-0.39, 0.29) is 5.82 Å². The zero-order valence-corrected chi connectivity index (χ0v) is 22.7. The first-order valence-corrected chi connectivity index (χ1v) is 13.4. The molecule has 0 amide bonds. The second kappa shape index (κ2) is 11.5. The van der Waals surface area contributed by atoms with E-state index in [1.54, 1.807) is 6.07 Å². The molecule has 6 nitrogen and oxygen atoms in total. The van der Waals surface area contributed by atoms with E-state index in [1.807, 2.05) is 67.0 Å². The minimum Gasteiger partial charge on any atom is -0.337 e. The number of halogens is 1. The molecule has 6 rings (SSSR count). The summed E-state index contributed by atoms with van der Waals surface area (Å²) in [7, 11) is 0. The standard InChI is InChI=1S/C34H29FN6/c1-22(27-16-25(20-37-21-27)19-36-18-24-8-4-3-5-9-24)14-15-30-23(2)32(41-40-30)34-38-31-13-7-12-29(33(31)39-34)26-10-6-11-28(35)17-26/h3-17,20-21,36,40H,2,18-19H2,1H3,(H,38,39)/b22-14+,30-15+. The van der Waals surface area contributed by atoms with E-state index in [0.717, 1.165) is 62.5 Å². The number of para-hydroxylation sites is 1. The van der Waals surface area contributed by atoms with Crippen molar-refractivity contribution in [2.75, 3.05) is 0 Å². The first-order chi connectivity index (χ1) is 20.0. The van der Waals surface area contributed by atoms with Gasteiger partial charge in [-0.1, -0.05) is 67.3 Å². The van der Waals surface area contributed by atoms with Crippen molar-refractivity contribution in [3.05, 3.63) is 130 Å². The van der Waals surface area contributed by atoms with Gasteiger partial charge in [-0.05, 0) is 65.1 Å². The number of hydrogen-bond acceptors (Lipinski definition) is 4. The van der Waals surface area contributed by atoms with Crippen LogP contribution in [0.25, 0.3) is 51.9 Å². The van der Waals surface area contributed by atoms with Gasteiger partial charge < -0.3 is 10.3 Å². The van der Waals surface area contributed by atoms with Crippen molar-refractivity contribution in [2.24, 2.45) is 0 Å². The van der Waals surface area contributed by atoms with Gasteiger partial charge in [0.2, 0.25) is 0 Å². The molecule has 3 aromatic carbocycles. The number of H-pyrrole nitrogens is 2. The number of nitrogens with zero attached hydrogens (tertiary/aromatic N) is 3. The summed E-state index contributed by atoms with van der Waals surface area (Å²) >= 11 is 0. The Hall–Kier alpha value is -5.14. The SMILES string of the molecule is C=c1c(-c2nc3c(-c4cccc(F)c4)cccc3[nH]2)n[nH]/c1=C/C=C(\C)c1cncc(CNCc2ccccc2)c1. The summed E-state index contributed by atoms with van der Waals surface area (Å²) in [4.78, 5) is 12.6. The Bertz CT molecular complexity index is 1970. The van der Waals surface area contributed by atoms with Crippen LogP contribution in [0.5, 0.6) is 0 Å². The van der Waals surface area contributed by atoms with Gasteiger partial charge in [-0.15, -0.1) is 0 Å². The molecule has 0 fully saturated rings. The zero-order valence-electron chi connectivity index (χ0n) is 22.7. The lowest BCUT2D eigenvalue weighted by atomic mass is 10.0. The number of rotatable bonds is 8. The van der Waals surface area contributed by atoms with Gasteiger partial charge in [0.25, 0.3) is 0 Å².